The molecule has 0 aliphatic carbocycles. The molecule has 0 atom stereocenters. The van der Waals surface area contributed by atoms with Crippen LogP contribution < -0.4 is 11.0 Å². The van der Waals surface area contributed by atoms with Gasteiger partial charge in [0.1, 0.15) is 12.3 Å². The summed E-state index contributed by atoms with van der Waals surface area (Å²) in [4.78, 5) is 23.1. The second-order valence-electron chi connectivity index (χ2n) is 4.16. The zero-order valence-corrected chi connectivity index (χ0v) is 11.6. The van der Waals surface area contributed by atoms with Gasteiger partial charge in [0, 0.05) is 22.8 Å². The molecular formula is C14H12ClN3O3. The zero-order valence-electron chi connectivity index (χ0n) is 10.9. The van der Waals surface area contributed by atoms with E-state index in [0.29, 0.717) is 10.6 Å². The van der Waals surface area contributed by atoms with Crippen LogP contribution >= 0.6 is 11.6 Å². The second-order valence-corrected chi connectivity index (χ2v) is 4.60. The number of nitrogens with one attached hydrogen (secondary N) is 1. The number of phenolic OH excluding ortho intramolecular Hbond substituents is 1. The summed E-state index contributed by atoms with van der Waals surface area (Å²) in [5.41, 5.74) is 2.37. The summed E-state index contributed by atoms with van der Waals surface area (Å²) in [7, 11) is 0. The molecule has 2 rings (SSSR count). The number of amides is 1. The number of rotatable bonds is 4. The van der Waals surface area contributed by atoms with Crippen molar-refractivity contribution in [1.29, 1.82) is 0 Å². The Morgan fingerprint density at radius 3 is 2.95 bits per heavy atom. The van der Waals surface area contributed by atoms with Crippen molar-refractivity contribution in [1.82, 2.24) is 9.99 Å². The van der Waals surface area contributed by atoms with E-state index in [1.165, 1.54) is 41.2 Å². The van der Waals surface area contributed by atoms with Crippen LogP contribution in [0.4, 0.5) is 0 Å². The number of carbonyl (C=O) groups is 1. The molecule has 0 saturated carbocycles. The van der Waals surface area contributed by atoms with E-state index in [9.17, 15) is 14.7 Å². The topological polar surface area (TPSA) is 83.7 Å². The average Bonchev–Trinajstić information content (AvgIpc) is 2.45. The first kappa shape index (κ1) is 14.8. The molecule has 2 aromatic rings. The highest BCUT2D eigenvalue weighted by atomic mass is 35.5. The Kier molecular flexibility index (Phi) is 4.73. The molecule has 0 unspecified atom stereocenters. The molecular weight excluding hydrogens is 294 g/mol. The molecule has 1 aromatic heterocycles. The predicted octanol–water partition coefficient (Wildman–Crippen LogP) is 1.36. The van der Waals surface area contributed by atoms with E-state index in [4.69, 9.17) is 11.6 Å². The van der Waals surface area contributed by atoms with E-state index >= 15 is 0 Å². The SMILES string of the molecule is O=C(Cn1ccccc1=O)N/N=C/c1cc(Cl)ccc1O. The fourth-order valence-corrected chi connectivity index (χ4v) is 1.76. The molecule has 1 amide bonds. The van der Waals surface area contributed by atoms with Crippen LogP contribution in [0.15, 0.2) is 52.5 Å². The Morgan fingerprint density at radius 1 is 1.38 bits per heavy atom. The highest BCUT2D eigenvalue weighted by Crippen LogP contribution is 2.19. The van der Waals surface area contributed by atoms with Crippen molar-refractivity contribution in [2.45, 2.75) is 6.54 Å². The van der Waals surface area contributed by atoms with Crippen LogP contribution in [0, 0.1) is 0 Å². The molecule has 0 bridgehead atoms. The van der Waals surface area contributed by atoms with E-state index in [1.807, 2.05) is 0 Å². The number of phenols is 1. The summed E-state index contributed by atoms with van der Waals surface area (Å²) in [6.07, 6.45) is 2.78. The number of carbonyl (C=O) groups excluding carboxylic acids is 1. The van der Waals surface area contributed by atoms with Gasteiger partial charge in [-0.1, -0.05) is 17.7 Å². The molecule has 2 N–H and O–H groups in total. The first-order chi connectivity index (χ1) is 10.1. The van der Waals surface area contributed by atoms with Gasteiger partial charge in [0.15, 0.2) is 0 Å². The maximum absolute atomic E-state index is 11.6. The number of halogens is 1. The molecule has 0 aliphatic heterocycles. The van der Waals surface area contributed by atoms with E-state index in [2.05, 4.69) is 10.5 Å². The Morgan fingerprint density at radius 2 is 2.19 bits per heavy atom. The van der Waals surface area contributed by atoms with Crippen molar-refractivity contribution in [2.24, 2.45) is 5.10 Å². The number of hydrogen-bond donors (Lipinski definition) is 2. The van der Waals surface area contributed by atoms with Crippen LogP contribution in [0.2, 0.25) is 5.02 Å². The molecule has 0 radical (unpaired) electrons. The molecule has 108 valence electrons. The third-order valence-electron chi connectivity index (χ3n) is 2.60. The molecule has 21 heavy (non-hydrogen) atoms. The van der Waals surface area contributed by atoms with Crippen LogP contribution in [-0.2, 0) is 11.3 Å². The van der Waals surface area contributed by atoms with E-state index in [1.54, 1.807) is 12.1 Å². The molecule has 0 saturated heterocycles. The third kappa shape index (κ3) is 4.19. The van der Waals surface area contributed by atoms with Crippen LogP contribution in [0.1, 0.15) is 5.56 Å². The summed E-state index contributed by atoms with van der Waals surface area (Å²) in [5.74, 6) is -0.460. The van der Waals surface area contributed by atoms with Gasteiger partial charge in [-0.05, 0) is 24.3 Å². The molecule has 0 aliphatic rings. The normalized spacial score (nSPS) is 10.7. The quantitative estimate of drug-likeness (QED) is 0.661. The maximum atomic E-state index is 11.6. The summed E-state index contributed by atoms with van der Waals surface area (Å²) >= 11 is 5.78. The van der Waals surface area contributed by atoms with Gasteiger partial charge in [0.2, 0.25) is 0 Å². The van der Waals surface area contributed by atoms with Crippen molar-refractivity contribution >= 4 is 23.7 Å². The lowest BCUT2D eigenvalue weighted by atomic mass is 10.2. The van der Waals surface area contributed by atoms with E-state index in [0.717, 1.165) is 0 Å². The first-order valence-corrected chi connectivity index (χ1v) is 6.40. The maximum Gasteiger partial charge on any atom is 0.260 e. The monoisotopic (exact) mass is 305 g/mol. The summed E-state index contributed by atoms with van der Waals surface area (Å²) < 4.78 is 1.25. The number of hydrazone groups is 1. The Hall–Kier alpha value is -2.60. The summed E-state index contributed by atoms with van der Waals surface area (Å²) in [5, 5.41) is 13.7. The number of hydrogen-bond acceptors (Lipinski definition) is 4. The summed E-state index contributed by atoms with van der Waals surface area (Å²) in [6, 6.07) is 9.08. The van der Waals surface area contributed by atoms with Crippen molar-refractivity contribution in [2.75, 3.05) is 0 Å². The molecule has 6 nitrogen and oxygen atoms in total. The van der Waals surface area contributed by atoms with Crippen LogP contribution in [0.25, 0.3) is 0 Å². The minimum atomic E-state index is -0.457. The van der Waals surface area contributed by atoms with Gasteiger partial charge < -0.3 is 9.67 Å². The van der Waals surface area contributed by atoms with Crippen LogP contribution in [0.3, 0.4) is 0 Å². The number of aromatic hydroxyl groups is 1. The van der Waals surface area contributed by atoms with Gasteiger partial charge >= 0.3 is 0 Å². The van der Waals surface area contributed by atoms with Crippen molar-refractivity contribution in [3.8, 4) is 5.75 Å². The van der Waals surface area contributed by atoms with Crippen LogP contribution in [0.5, 0.6) is 5.75 Å². The number of benzene rings is 1. The fourth-order valence-electron chi connectivity index (χ4n) is 1.58. The Labute approximate surface area is 125 Å². The number of nitrogens with zero attached hydrogens (tertiary/aromatic N) is 2. The largest absolute Gasteiger partial charge is 0.507 e. The fraction of sp³-hybridized carbons (Fsp3) is 0.0714. The molecule has 0 fully saturated rings. The molecule has 7 heteroatoms. The molecule has 1 aromatic carbocycles. The predicted molar refractivity (Wildman–Crippen MR) is 79.6 cm³/mol. The smallest absolute Gasteiger partial charge is 0.260 e. The molecule has 0 spiro atoms. The second kappa shape index (κ2) is 6.71. The minimum absolute atomic E-state index is 0.00308. The van der Waals surface area contributed by atoms with E-state index in [-0.39, 0.29) is 17.9 Å². The number of aromatic nitrogens is 1. The average molecular weight is 306 g/mol. The van der Waals surface area contributed by atoms with Gasteiger partial charge in [0.05, 0.1) is 6.21 Å². The van der Waals surface area contributed by atoms with Gasteiger partial charge in [-0.25, -0.2) is 5.43 Å². The van der Waals surface area contributed by atoms with Crippen molar-refractivity contribution < 1.29 is 9.90 Å². The minimum Gasteiger partial charge on any atom is -0.507 e. The van der Waals surface area contributed by atoms with Crippen molar-refractivity contribution in [3.63, 3.8) is 0 Å². The van der Waals surface area contributed by atoms with Gasteiger partial charge in [0.25, 0.3) is 11.5 Å². The highest BCUT2D eigenvalue weighted by molar-refractivity contribution is 6.30. The van der Waals surface area contributed by atoms with Gasteiger partial charge in [-0.15, -0.1) is 0 Å². The Balaban J connectivity index is 1.98. The van der Waals surface area contributed by atoms with Crippen LogP contribution in [-0.4, -0.2) is 21.8 Å². The summed E-state index contributed by atoms with van der Waals surface area (Å²) in [6.45, 7) is -0.140. The third-order valence-corrected chi connectivity index (χ3v) is 2.83. The lowest BCUT2D eigenvalue weighted by molar-refractivity contribution is -0.121. The highest BCUT2D eigenvalue weighted by Gasteiger charge is 2.03. The zero-order chi connectivity index (χ0) is 15.2. The standard InChI is InChI=1S/C14H12ClN3O3/c15-11-4-5-12(19)10(7-11)8-16-17-13(20)9-18-6-2-1-3-14(18)21/h1-8,19H,9H2,(H,17,20)/b16-8+. The van der Waals surface area contributed by atoms with E-state index < -0.39 is 5.91 Å². The van der Waals surface area contributed by atoms with Gasteiger partial charge in [-0.2, -0.15) is 5.10 Å². The lowest BCUT2D eigenvalue weighted by Crippen LogP contribution is -2.28. The van der Waals surface area contributed by atoms with Crippen molar-refractivity contribution in [3.05, 3.63) is 63.5 Å². The number of pyridine rings is 1. The molecule has 1 heterocycles. The van der Waals surface area contributed by atoms with Gasteiger partial charge in [-0.3, -0.25) is 9.59 Å². The first-order valence-electron chi connectivity index (χ1n) is 6.02. The lowest BCUT2D eigenvalue weighted by Gasteiger charge is -2.03. The Bertz CT molecular complexity index is 740.